The second kappa shape index (κ2) is 5.76. The van der Waals surface area contributed by atoms with Gasteiger partial charge in [-0.25, -0.2) is 9.59 Å². The minimum atomic E-state index is -0.963. The number of carboxylic acids is 1. The van der Waals surface area contributed by atoms with Crippen LogP contribution in [0, 0.1) is 5.92 Å². The van der Waals surface area contributed by atoms with Gasteiger partial charge in [-0.1, -0.05) is 18.9 Å². The normalized spacial score (nSPS) is 16.7. The van der Waals surface area contributed by atoms with Gasteiger partial charge >= 0.3 is 12.0 Å². The van der Waals surface area contributed by atoms with Crippen LogP contribution in [0.3, 0.4) is 0 Å². The largest absolute Gasteiger partial charge is 0.478 e. The fourth-order valence-electron chi connectivity index (χ4n) is 2.81. The Labute approximate surface area is 123 Å². The fourth-order valence-corrected chi connectivity index (χ4v) is 2.81. The minimum absolute atomic E-state index is 0.118. The summed E-state index contributed by atoms with van der Waals surface area (Å²) < 4.78 is 0. The number of nitrogens with zero attached hydrogens (tertiary/aromatic N) is 1. The van der Waals surface area contributed by atoms with E-state index in [0.29, 0.717) is 13.1 Å². The van der Waals surface area contributed by atoms with E-state index in [9.17, 15) is 9.59 Å². The summed E-state index contributed by atoms with van der Waals surface area (Å²) in [6.45, 7) is 1.31. The Bertz CT molecular complexity index is 567. The number of anilines is 1. The molecule has 5 nitrogen and oxygen atoms in total. The SMILES string of the molecule is O=C(O)c1ccc2c(c1)N(C(=O)NCCCC1CC1)CC2. The molecule has 0 bridgehead atoms. The van der Waals surface area contributed by atoms with E-state index in [1.807, 2.05) is 0 Å². The van der Waals surface area contributed by atoms with Gasteiger partial charge in [0.15, 0.2) is 0 Å². The number of hydrogen-bond acceptors (Lipinski definition) is 2. The van der Waals surface area contributed by atoms with Crippen molar-refractivity contribution in [2.24, 2.45) is 5.92 Å². The molecule has 0 radical (unpaired) electrons. The molecule has 0 spiro atoms. The van der Waals surface area contributed by atoms with Crippen LogP contribution in [0.5, 0.6) is 0 Å². The van der Waals surface area contributed by atoms with Crippen molar-refractivity contribution < 1.29 is 14.7 Å². The molecule has 0 aromatic heterocycles. The molecule has 3 rings (SSSR count). The number of fused-ring (bicyclic) bond motifs is 1. The van der Waals surface area contributed by atoms with Gasteiger partial charge in [0.2, 0.25) is 0 Å². The number of benzene rings is 1. The molecule has 0 saturated heterocycles. The van der Waals surface area contributed by atoms with Crippen LogP contribution in [0.2, 0.25) is 0 Å². The van der Waals surface area contributed by atoms with Crippen molar-refractivity contribution in [3.05, 3.63) is 29.3 Å². The molecule has 5 heteroatoms. The van der Waals surface area contributed by atoms with Crippen molar-refractivity contribution in [3.63, 3.8) is 0 Å². The van der Waals surface area contributed by atoms with Crippen molar-refractivity contribution in [2.45, 2.75) is 32.1 Å². The van der Waals surface area contributed by atoms with Crippen LogP contribution in [0.1, 0.15) is 41.6 Å². The predicted octanol–water partition coefficient (Wildman–Crippen LogP) is 2.65. The van der Waals surface area contributed by atoms with Crippen LogP contribution in [-0.2, 0) is 6.42 Å². The summed E-state index contributed by atoms with van der Waals surface area (Å²) in [6, 6.07) is 4.87. The van der Waals surface area contributed by atoms with Crippen LogP contribution in [0.15, 0.2) is 18.2 Å². The number of hydrogen-bond donors (Lipinski definition) is 2. The van der Waals surface area contributed by atoms with Gasteiger partial charge in [-0.3, -0.25) is 4.90 Å². The summed E-state index contributed by atoms with van der Waals surface area (Å²) in [5.74, 6) is -0.0815. The minimum Gasteiger partial charge on any atom is -0.478 e. The van der Waals surface area contributed by atoms with E-state index in [0.717, 1.165) is 30.0 Å². The summed E-state index contributed by atoms with van der Waals surface area (Å²) >= 11 is 0. The second-order valence-electron chi connectivity index (χ2n) is 5.87. The van der Waals surface area contributed by atoms with Crippen molar-refractivity contribution in [2.75, 3.05) is 18.0 Å². The molecule has 2 amide bonds. The highest BCUT2D eigenvalue weighted by molar-refractivity contribution is 5.96. The molecule has 1 saturated carbocycles. The molecule has 2 aliphatic rings. The highest BCUT2D eigenvalue weighted by atomic mass is 16.4. The number of nitrogens with one attached hydrogen (secondary N) is 1. The molecule has 112 valence electrons. The third kappa shape index (κ3) is 3.17. The van der Waals surface area contributed by atoms with Gasteiger partial charge in [-0.2, -0.15) is 0 Å². The molecule has 0 unspecified atom stereocenters. The zero-order valence-electron chi connectivity index (χ0n) is 12.0. The summed E-state index contributed by atoms with van der Waals surface area (Å²) in [7, 11) is 0. The van der Waals surface area contributed by atoms with Gasteiger partial charge in [0, 0.05) is 18.8 Å². The van der Waals surface area contributed by atoms with Crippen molar-refractivity contribution in [3.8, 4) is 0 Å². The van der Waals surface area contributed by atoms with E-state index >= 15 is 0 Å². The molecular weight excluding hydrogens is 268 g/mol. The molecule has 1 aliphatic carbocycles. The number of urea groups is 1. The molecule has 1 aliphatic heterocycles. The molecule has 1 heterocycles. The van der Waals surface area contributed by atoms with Gasteiger partial charge in [-0.05, 0) is 42.9 Å². The maximum Gasteiger partial charge on any atom is 0.335 e. The topological polar surface area (TPSA) is 69.6 Å². The first-order chi connectivity index (χ1) is 10.1. The van der Waals surface area contributed by atoms with E-state index in [4.69, 9.17) is 5.11 Å². The standard InChI is InChI=1S/C16H20N2O3/c19-15(20)13-6-5-12-7-9-18(14(12)10-13)16(21)17-8-1-2-11-3-4-11/h5-6,10-11H,1-4,7-9H2,(H,17,21)(H,19,20). The Balaban J connectivity index is 1.60. The van der Waals surface area contributed by atoms with Crippen molar-refractivity contribution in [1.29, 1.82) is 0 Å². The quantitative estimate of drug-likeness (QED) is 0.818. The Morgan fingerprint density at radius 2 is 2.14 bits per heavy atom. The zero-order chi connectivity index (χ0) is 14.8. The first kappa shape index (κ1) is 13.9. The summed E-state index contributed by atoms with van der Waals surface area (Å²) in [5.41, 5.74) is 1.99. The molecule has 1 fully saturated rings. The Morgan fingerprint density at radius 3 is 2.86 bits per heavy atom. The highest BCUT2D eigenvalue weighted by Crippen LogP contribution is 2.33. The number of amides is 2. The number of carboxylic acid groups (broad SMARTS) is 1. The molecule has 2 N–H and O–H groups in total. The molecule has 21 heavy (non-hydrogen) atoms. The second-order valence-corrected chi connectivity index (χ2v) is 5.87. The van der Waals surface area contributed by atoms with Gasteiger partial charge in [0.25, 0.3) is 0 Å². The van der Waals surface area contributed by atoms with Crippen molar-refractivity contribution >= 4 is 17.7 Å². The summed E-state index contributed by atoms with van der Waals surface area (Å²) in [4.78, 5) is 24.9. The van der Waals surface area contributed by atoms with Gasteiger partial charge in [-0.15, -0.1) is 0 Å². The number of carbonyl (C=O) groups is 2. The Kier molecular flexibility index (Phi) is 3.82. The highest BCUT2D eigenvalue weighted by Gasteiger charge is 2.26. The van der Waals surface area contributed by atoms with Gasteiger partial charge < -0.3 is 10.4 Å². The molecule has 1 aromatic rings. The molecule has 1 aromatic carbocycles. The average molecular weight is 288 g/mol. The lowest BCUT2D eigenvalue weighted by Crippen LogP contribution is -2.39. The van der Waals surface area contributed by atoms with E-state index in [-0.39, 0.29) is 11.6 Å². The average Bonchev–Trinajstić information content (AvgIpc) is 3.20. The predicted molar refractivity (Wildman–Crippen MR) is 79.8 cm³/mol. The van der Waals surface area contributed by atoms with Gasteiger partial charge in [0.1, 0.15) is 0 Å². The maximum atomic E-state index is 12.2. The van der Waals surface area contributed by atoms with Crippen LogP contribution in [-0.4, -0.2) is 30.2 Å². The van der Waals surface area contributed by atoms with E-state index < -0.39 is 5.97 Å². The molecular formula is C16H20N2O3. The summed E-state index contributed by atoms with van der Waals surface area (Å²) in [6.07, 6.45) is 5.67. The van der Waals surface area contributed by atoms with Gasteiger partial charge in [0.05, 0.1) is 5.56 Å². The first-order valence-corrected chi connectivity index (χ1v) is 7.57. The lowest BCUT2D eigenvalue weighted by Gasteiger charge is -2.18. The smallest absolute Gasteiger partial charge is 0.335 e. The van der Waals surface area contributed by atoms with Crippen LogP contribution in [0.25, 0.3) is 0 Å². The van der Waals surface area contributed by atoms with Crippen LogP contribution in [0.4, 0.5) is 10.5 Å². The van der Waals surface area contributed by atoms with Crippen LogP contribution < -0.4 is 10.2 Å². The maximum absolute atomic E-state index is 12.2. The number of carbonyl (C=O) groups excluding carboxylic acids is 1. The lowest BCUT2D eigenvalue weighted by atomic mass is 10.1. The number of aromatic carboxylic acids is 1. The zero-order valence-corrected chi connectivity index (χ0v) is 12.0. The van der Waals surface area contributed by atoms with E-state index in [2.05, 4.69) is 5.32 Å². The van der Waals surface area contributed by atoms with Crippen molar-refractivity contribution in [1.82, 2.24) is 5.32 Å². The van der Waals surface area contributed by atoms with E-state index in [1.54, 1.807) is 23.1 Å². The number of rotatable bonds is 5. The Hall–Kier alpha value is -2.04. The first-order valence-electron chi connectivity index (χ1n) is 7.57. The third-order valence-electron chi connectivity index (χ3n) is 4.24. The third-order valence-corrected chi connectivity index (χ3v) is 4.24. The molecule has 0 atom stereocenters. The lowest BCUT2D eigenvalue weighted by molar-refractivity contribution is 0.0697. The fraction of sp³-hybridized carbons (Fsp3) is 0.500. The van der Waals surface area contributed by atoms with E-state index in [1.165, 1.54) is 19.3 Å². The Morgan fingerprint density at radius 1 is 1.33 bits per heavy atom. The summed E-state index contributed by atoms with van der Waals surface area (Å²) in [5, 5.41) is 12.0. The monoisotopic (exact) mass is 288 g/mol. The van der Waals surface area contributed by atoms with Crippen LogP contribution >= 0.6 is 0 Å².